The van der Waals surface area contributed by atoms with E-state index in [1.807, 2.05) is 22.6 Å². The topological polar surface area (TPSA) is 94.2 Å². The molecule has 0 unspecified atom stereocenters. The molecule has 1 aromatic rings. The lowest BCUT2D eigenvalue weighted by molar-refractivity contribution is 0.0894. The van der Waals surface area contributed by atoms with Gasteiger partial charge in [0.2, 0.25) is 0 Å². The minimum absolute atomic E-state index is 0.373. The second-order valence-corrected chi connectivity index (χ2v) is 7.86. The number of anilines is 2. The normalized spacial score (nSPS) is 26.2. The van der Waals surface area contributed by atoms with Crippen LogP contribution in [0.3, 0.4) is 0 Å². The molecule has 0 atom stereocenters. The zero-order valence-electron chi connectivity index (χ0n) is 14.1. The van der Waals surface area contributed by atoms with Gasteiger partial charge in [-0.25, -0.2) is 9.97 Å². The molecule has 1 aromatic heterocycles. The predicted molar refractivity (Wildman–Crippen MR) is 106 cm³/mol. The molecule has 24 heavy (non-hydrogen) atoms. The van der Waals surface area contributed by atoms with Gasteiger partial charge in [0.25, 0.3) is 0 Å². The maximum atomic E-state index is 7.89. The Morgan fingerprint density at radius 1 is 1.21 bits per heavy atom. The second kappa shape index (κ2) is 7.92. The summed E-state index contributed by atoms with van der Waals surface area (Å²) < 4.78 is 0.374. The monoisotopic (exact) mass is 443 g/mol. The van der Waals surface area contributed by atoms with Gasteiger partial charge >= 0.3 is 0 Å². The van der Waals surface area contributed by atoms with Crippen molar-refractivity contribution in [1.29, 1.82) is 5.41 Å². The van der Waals surface area contributed by atoms with Gasteiger partial charge in [-0.3, -0.25) is 10.3 Å². The molecule has 2 fully saturated rings. The standard InChI is InChI=1S/C16H26IN7/c1-23-6-8-24(9-7-23)12-4-2-11(3-5-12)22-16-13(14(17)18)15(19)20-10-21-16/h10-12,18H,2-9H2,1H3,(H3,19,20,21,22). The van der Waals surface area contributed by atoms with Crippen molar-refractivity contribution in [2.45, 2.75) is 37.8 Å². The Balaban J connectivity index is 1.56. The fourth-order valence-electron chi connectivity index (χ4n) is 3.69. The molecule has 8 heteroatoms. The third-order valence-corrected chi connectivity index (χ3v) is 5.73. The predicted octanol–water partition coefficient (Wildman–Crippen LogP) is 1.79. The average molecular weight is 443 g/mol. The third-order valence-electron chi connectivity index (χ3n) is 5.19. The van der Waals surface area contributed by atoms with E-state index in [9.17, 15) is 0 Å². The van der Waals surface area contributed by atoms with Crippen LogP contribution in [0.25, 0.3) is 0 Å². The fraction of sp³-hybridized carbons (Fsp3) is 0.688. The number of nitrogens with zero attached hydrogens (tertiary/aromatic N) is 4. The van der Waals surface area contributed by atoms with Gasteiger partial charge in [-0.1, -0.05) is 0 Å². The van der Waals surface area contributed by atoms with Gasteiger partial charge < -0.3 is 16.0 Å². The quantitative estimate of drug-likeness (QED) is 0.486. The van der Waals surface area contributed by atoms with E-state index >= 15 is 0 Å². The summed E-state index contributed by atoms with van der Waals surface area (Å²) in [6.45, 7) is 4.74. The smallest absolute Gasteiger partial charge is 0.141 e. The van der Waals surface area contributed by atoms with E-state index in [1.165, 1.54) is 45.3 Å². The largest absolute Gasteiger partial charge is 0.383 e. The Labute approximate surface area is 157 Å². The number of halogens is 1. The molecule has 0 spiro atoms. The number of aromatic nitrogens is 2. The van der Waals surface area contributed by atoms with Gasteiger partial charge in [0, 0.05) is 38.3 Å². The molecule has 0 amide bonds. The highest BCUT2D eigenvalue weighted by Gasteiger charge is 2.28. The molecule has 2 heterocycles. The van der Waals surface area contributed by atoms with Gasteiger partial charge in [-0.2, -0.15) is 0 Å². The van der Waals surface area contributed by atoms with Crippen LogP contribution in [0, 0.1) is 5.41 Å². The molecule has 2 aliphatic rings. The lowest BCUT2D eigenvalue weighted by atomic mass is 9.89. The summed E-state index contributed by atoms with van der Waals surface area (Å²) in [7, 11) is 2.20. The first kappa shape index (κ1) is 17.8. The molecule has 1 saturated carbocycles. The molecule has 1 aliphatic heterocycles. The van der Waals surface area contributed by atoms with E-state index in [0.29, 0.717) is 27.0 Å². The van der Waals surface area contributed by atoms with Crippen molar-refractivity contribution >= 4 is 37.9 Å². The molecule has 1 saturated heterocycles. The lowest BCUT2D eigenvalue weighted by Crippen LogP contribution is -2.50. The molecular weight excluding hydrogens is 417 g/mol. The van der Waals surface area contributed by atoms with Crippen LogP contribution in [0.1, 0.15) is 31.2 Å². The van der Waals surface area contributed by atoms with Crippen molar-refractivity contribution in [2.75, 3.05) is 44.3 Å². The molecule has 4 N–H and O–H groups in total. The zero-order valence-corrected chi connectivity index (χ0v) is 16.3. The zero-order chi connectivity index (χ0) is 17.1. The summed E-state index contributed by atoms with van der Waals surface area (Å²) >= 11 is 1.96. The minimum atomic E-state index is 0.373. The van der Waals surface area contributed by atoms with Crippen molar-refractivity contribution in [1.82, 2.24) is 19.8 Å². The van der Waals surface area contributed by atoms with Crippen LogP contribution in [0.15, 0.2) is 6.33 Å². The van der Waals surface area contributed by atoms with E-state index < -0.39 is 0 Å². The van der Waals surface area contributed by atoms with Crippen molar-refractivity contribution in [3.63, 3.8) is 0 Å². The second-order valence-electron chi connectivity index (χ2n) is 6.79. The minimum Gasteiger partial charge on any atom is -0.383 e. The lowest BCUT2D eigenvalue weighted by Gasteiger charge is -2.41. The summed E-state index contributed by atoms with van der Waals surface area (Å²) in [6, 6.07) is 1.12. The van der Waals surface area contributed by atoms with Crippen LogP contribution >= 0.6 is 22.6 Å². The Morgan fingerprint density at radius 3 is 2.50 bits per heavy atom. The molecule has 132 valence electrons. The van der Waals surface area contributed by atoms with Gasteiger partial charge in [-0.15, -0.1) is 0 Å². The highest BCUT2D eigenvalue weighted by Crippen LogP contribution is 2.28. The van der Waals surface area contributed by atoms with Crippen molar-refractivity contribution in [2.24, 2.45) is 0 Å². The maximum Gasteiger partial charge on any atom is 0.141 e. The van der Waals surface area contributed by atoms with E-state index in [4.69, 9.17) is 11.1 Å². The Hall–Kier alpha value is -1.00. The van der Waals surface area contributed by atoms with Crippen molar-refractivity contribution in [3.8, 4) is 0 Å². The van der Waals surface area contributed by atoms with Crippen molar-refractivity contribution < 1.29 is 0 Å². The molecule has 0 radical (unpaired) electrons. The SMILES string of the molecule is CN1CCN(C2CCC(Nc3ncnc(N)c3C(=N)I)CC2)CC1. The Bertz CT molecular complexity index is 578. The summed E-state index contributed by atoms with van der Waals surface area (Å²) in [5, 5.41) is 11.4. The van der Waals surface area contributed by atoms with E-state index in [-0.39, 0.29) is 0 Å². The molecule has 1 aliphatic carbocycles. The van der Waals surface area contributed by atoms with Crippen LogP contribution in [0.5, 0.6) is 0 Å². The Morgan fingerprint density at radius 2 is 1.88 bits per heavy atom. The molecule has 0 aromatic carbocycles. The highest BCUT2D eigenvalue weighted by molar-refractivity contribution is 14.1. The number of piperazine rings is 1. The number of nitrogens with two attached hydrogens (primary N) is 1. The number of nitrogen functional groups attached to an aromatic ring is 1. The van der Waals surface area contributed by atoms with E-state index in [2.05, 4.69) is 32.1 Å². The van der Waals surface area contributed by atoms with Gasteiger partial charge in [0.1, 0.15) is 21.7 Å². The number of hydrogen-bond acceptors (Lipinski definition) is 7. The molecule has 0 bridgehead atoms. The third kappa shape index (κ3) is 4.15. The number of likely N-dealkylation sites (N-methyl/N-ethyl adjacent to an activating group) is 1. The first-order chi connectivity index (χ1) is 11.5. The highest BCUT2D eigenvalue weighted by atomic mass is 127. The van der Waals surface area contributed by atoms with E-state index in [0.717, 1.165) is 18.9 Å². The first-order valence-corrected chi connectivity index (χ1v) is 9.66. The molecular formula is C16H26IN7. The molecule has 7 nitrogen and oxygen atoms in total. The van der Waals surface area contributed by atoms with Crippen LogP contribution in [0.4, 0.5) is 11.6 Å². The van der Waals surface area contributed by atoms with Gasteiger partial charge in [0.05, 0.1) is 5.56 Å². The summed E-state index contributed by atoms with van der Waals surface area (Å²) in [5.74, 6) is 1.07. The first-order valence-electron chi connectivity index (χ1n) is 8.58. The summed E-state index contributed by atoms with van der Waals surface area (Å²) in [5.41, 5.74) is 6.54. The average Bonchev–Trinajstić information content (AvgIpc) is 2.56. The van der Waals surface area contributed by atoms with Crippen molar-refractivity contribution in [3.05, 3.63) is 11.9 Å². The van der Waals surface area contributed by atoms with E-state index in [1.54, 1.807) is 0 Å². The number of nitrogens with one attached hydrogen (secondary N) is 2. The maximum absolute atomic E-state index is 7.89. The summed E-state index contributed by atoms with van der Waals surface area (Å²) in [6.07, 6.45) is 6.18. The van der Waals surface area contributed by atoms with Crippen LogP contribution in [-0.2, 0) is 0 Å². The number of rotatable bonds is 4. The van der Waals surface area contributed by atoms with Crippen LogP contribution in [-0.4, -0.2) is 68.8 Å². The van der Waals surface area contributed by atoms with Crippen LogP contribution < -0.4 is 11.1 Å². The van der Waals surface area contributed by atoms with Crippen LogP contribution in [0.2, 0.25) is 0 Å². The fourth-order valence-corrected chi connectivity index (χ4v) is 4.22. The van der Waals surface area contributed by atoms with Gasteiger partial charge in [0.15, 0.2) is 0 Å². The molecule has 3 rings (SSSR count). The number of hydrogen-bond donors (Lipinski definition) is 3. The van der Waals surface area contributed by atoms with Gasteiger partial charge in [-0.05, 0) is 55.3 Å². The Kier molecular flexibility index (Phi) is 5.88. The summed E-state index contributed by atoms with van der Waals surface area (Å²) in [4.78, 5) is 13.4.